The van der Waals surface area contributed by atoms with Crippen molar-refractivity contribution in [1.82, 2.24) is 0 Å². The van der Waals surface area contributed by atoms with Gasteiger partial charge in [-0.2, -0.15) is 0 Å². The lowest BCUT2D eigenvalue weighted by Crippen LogP contribution is -2.19. The van der Waals surface area contributed by atoms with Gasteiger partial charge in [-0.1, -0.05) is 31.5 Å². The van der Waals surface area contributed by atoms with E-state index in [-0.39, 0.29) is 11.3 Å². The Morgan fingerprint density at radius 1 is 1.20 bits per heavy atom. The van der Waals surface area contributed by atoms with Gasteiger partial charge in [0.15, 0.2) is 5.44 Å². The Labute approximate surface area is 90.7 Å². The molecule has 0 aromatic heterocycles. The van der Waals surface area contributed by atoms with Crippen molar-refractivity contribution < 1.29 is 13.5 Å². The minimum absolute atomic E-state index is 0.126. The Morgan fingerprint density at radius 2 is 1.80 bits per heavy atom. The number of hydrogen-bond donors (Lipinski definition) is 0. The molecule has 1 rings (SSSR count). The average molecular weight is 227 g/mol. The predicted octanol–water partition coefficient (Wildman–Crippen LogP) is 2.41. The highest BCUT2D eigenvalue weighted by Gasteiger charge is 2.25. The van der Waals surface area contributed by atoms with Gasteiger partial charge < -0.3 is 0 Å². The van der Waals surface area contributed by atoms with E-state index in [0.29, 0.717) is 6.42 Å². The van der Waals surface area contributed by atoms with E-state index in [4.69, 9.17) is 0 Å². The molecule has 4 heteroatoms. The molecule has 1 aromatic carbocycles. The zero-order valence-electron chi connectivity index (χ0n) is 8.72. The van der Waals surface area contributed by atoms with E-state index in [0.717, 1.165) is 6.42 Å². The summed E-state index contributed by atoms with van der Waals surface area (Å²) in [4.78, 5) is 0.126. The molecule has 0 N–H and O–H groups in total. The van der Waals surface area contributed by atoms with Crippen LogP contribution >= 0.6 is 0 Å². The lowest BCUT2D eigenvalue weighted by atomic mass is 10.3. The minimum atomic E-state index is -3.67. The Balaban J connectivity index is 2.84. The highest BCUT2D eigenvalue weighted by atomic mass is 32.2. The molecule has 0 saturated carbocycles. The minimum Gasteiger partial charge on any atom is -0.221 e. The fourth-order valence-corrected chi connectivity index (χ4v) is 2.60. The van der Waals surface area contributed by atoms with Crippen LogP contribution < -0.4 is 0 Å². The van der Waals surface area contributed by atoms with Crippen molar-refractivity contribution in [2.45, 2.75) is 36.5 Å². The van der Waals surface area contributed by atoms with Gasteiger partial charge in [-0.05, 0) is 25.0 Å². The SMILES string of the molecule is CCCCC([O])S(=O)(=O)c1ccccc1. The van der Waals surface area contributed by atoms with E-state index < -0.39 is 15.3 Å². The number of benzene rings is 1. The van der Waals surface area contributed by atoms with E-state index in [9.17, 15) is 13.5 Å². The third kappa shape index (κ3) is 3.04. The van der Waals surface area contributed by atoms with Gasteiger partial charge in [-0.3, -0.25) is 0 Å². The maximum atomic E-state index is 11.7. The highest BCUT2D eigenvalue weighted by molar-refractivity contribution is 7.91. The van der Waals surface area contributed by atoms with Crippen LogP contribution in [0.3, 0.4) is 0 Å². The Bertz CT molecular complexity index is 384. The van der Waals surface area contributed by atoms with E-state index in [1.165, 1.54) is 12.1 Å². The van der Waals surface area contributed by atoms with Gasteiger partial charge in [-0.25, -0.2) is 13.5 Å². The van der Waals surface area contributed by atoms with Crippen LogP contribution in [0, 0.1) is 0 Å². The molecular formula is C11H15O3S. The van der Waals surface area contributed by atoms with E-state index in [1.54, 1.807) is 18.2 Å². The summed E-state index contributed by atoms with van der Waals surface area (Å²) < 4.78 is 23.5. The van der Waals surface area contributed by atoms with E-state index in [2.05, 4.69) is 0 Å². The fourth-order valence-electron chi connectivity index (χ4n) is 1.29. The third-order valence-electron chi connectivity index (χ3n) is 2.21. The maximum Gasteiger partial charge on any atom is 0.208 e. The molecule has 1 radical (unpaired) electrons. The first-order valence-corrected chi connectivity index (χ1v) is 6.58. The van der Waals surface area contributed by atoms with Crippen molar-refractivity contribution in [2.75, 3.05) is 0 Å². The molecule has 0 bridgehead atoms. The summed E-state index contributed by atoms with van der Waals surface area (Å²) in [6.45, 7) is 1.93. The molecular weight excluding hydrogens is 212 g/mol. The molecule has 0 aliphatic carbocycles. The molecule has 83 valence electrons. The first kappa shape index (κ1) is 12.2. The maximum absolute atomic E-state index is 11.7. The summed E-state index contributed by atoms with van der Waals surface area (Å²) >= 11 is 0. The van der Waals surface area contributed by atoms with Crippen molar-refractivity contribution in [2.24, 2.45) is 0 Å². The second-order valence-corrected chi connectivity index (χ2v) is 5.52. The molecule has 1 aromatic rings. The van der Waals surface area contributed by atoms with Crippen LogP contribution in [0.2, 0.25) is 0 Å². The molecule has 15 heavy (non-hydrogen) atoms. The number of rotatable bonds is 5. The molecule has 0 saturated heterocycles. The van der Waals surface area contributed by atoms with Crippen LogP contribution in [0.1, 0.15) is 26.2 Å². The standard InChI is InChI=1S/C11H15O3S/c1-2-3-9-11(12)15(13,14)10-7-5-4-6-8-10/h4-8,11H,2-3,9H2,1H3. The lowest BCUT2D eigenvalue weighted by molar-refractivity contribution is 0.144. The number of unbranched alkanes of at least 4 members (excludes halogenated alkanes) is 1. The Hall–Kier alpha value is -0.870. The molecule has 0 heterocycles. The molecule has 0 aliphatic heterocycles. The van der Waals surface area contributed by atoms with Gasteiger partial charge >= 0.3 is 0 Å². The molecule has 1 atom stereocenters. The zero-order chi connectivity index (χ0) is 11.3. The third-order valence-corrected chi connectivity index (χ3v) is 4.07. The topological polar surface area (TPSA) is 54.0 Å². The van der Waals surface area contributed by atoms with Gasteiger partial charge in [0.2, 0.25) is 9.84 Å². The normalized spacial score (nSPS) is 13.7. The van der Waals surface area contributed by atoms with E-state index in [1.807, 2.05) is 6.92 Å². The van der Waals surface area contributed by atoms with Gasteiger partial charge in [-0.15, -0.1) is 0 Å². The average Bonchev–Trinajstić information content (AvgIpc) is 2.27. The van der Waals surface area contributed by atoms with Crippen LogP contribution in [0.15, 0.2) is 35.2 Å². The van der Waals surface area contributed by atoms with Crippen molar-refractivity contribution in [3.8, 4) is 0 Å². The lowest BCUT2D eigenvalue weighted by Gasteiger charge is -2.08. The second-order valence-electron chi connectivity index (χ2n) is 3.43. The summed E-state index contributed by atoms with van der Waals surface area (Å²) in [6, 6.07) is 7.90. The molecule has 0 amide bonds. The Morgan fingerprint density at radius 3 is 2.33 bits per heavy atom. The van der Waals surface area contributed by atoms with Crippen LogP contribution in [0.25, 0.3) is 0 Å². The van der Waals surface area contributed by atoms with Gasteiger partial charge in [0, 0.05) is 0 Å². The molecule has 0 spiro atoms. The largest absolute Gasteiger partial charge is 0.221 e. The van der Waals surface area contributed by atoms with Crippen LogP contribution in [-0.2, 0) is 14.9 Å². The van der Waals surface area contributed by atoms with Gasteiger partial charge in [0.1, 0.15) is 0 Å². The van der Waals surface area contributed by atoms with Gasteiger partial charge in [0.05, 0.1) is 4.90 Å². The predicted molar refractivity (Wildman–Crippen MR) is 57.6 cm³/mol. The van der Waals surface area contributed by atoms with Gasteiger partial charge in [0.25, 0.3) is 0 Å². The smallest absolute Gasteiger partial charge is 0.208 e. The first-order chi connectivity index (χ1) is 7.09. The number of hydrogen-bond acceptors (Lipinski definition) is 2. The van der Waals surface area contributed by atoms with Crippen molar-refractivity contribution in [1.29, 1.82) is 0 Å². The van der Waals surface area contributed by atoms with Crippen molar-refractivity contribution >= 4 is 9.84 Å². The first-order valence-electron chi connectivity index (χ1n) is 5.03. The molecule has 0 aliphatic rings. The molecule has 1 unspecified atom stereocenters. The number of sulfone groups is 1. The summed E-state index contributed by atoms with van der Waals surface area (Å²) in [5.74, 6) is 0. The zero-order valence-corrected chi connectivity index (χ0v) is 9.53. The fraction of sp³-hybridized carbons (Fsp3) is 0.455. The quantitative estimate of drug-likeness (QED) is 0.775. The van der Waals surface area contributed by atoms with Crippen LogP contribution in [0.4, 0.5) is 0 Å². The van der Waals surface area contributed by atoms with Crippen molar-refractivity contribution in [3.63, 3.8) is 0 Å². The van der Waals surface area contributed by atoms with E-state index >= 15 is 0 Å². The highest BCUT2D eigenvalue weighted by Crippen LogP contribution is 2.18. The van der Waals surface area contributed by atoms with Crippen LogP contribution in [0.5, 0.6) is 0 Å². The second kappa shape index (κ2) is 5.28. The van der Waals surface area contributed by atoms with Crippen LogP contribution in [-0.4, -0.2) is 13.9 Å². The molecule has 3 nitrogen and oxygen atoms in total. The Kier molecular flexibility index (Phi) is 4.29. The molecule has 0 fully saturated rings. The summed E-state index contributed by atoms with van der Waals surface area (Å²) in [5.41, 5.74) is -1.53. The summed E-state index contributed by atoms with van der Waals surface area (Å²) in [5, 5.41) is 11.5. The summed E-state index contributed by atoms with van der Waals surface area (Å²) in [6.07, 6.45) is 1.68. The van der Waals surface area contributed by atoms with Crippen molar-refractivity contribution in [3.05, 3.63) is 30.3 Å². The monoisotopic (exact) mass is 227 g/mol. The summed E-state index contributed by atoms with van der Waals surface area (Å²) in [7, 11) is -3.67.